The highest BCUT2D eigenvalue weighted by molar-refractivity contribution is 5.71. The number of esters is 1. The maximum absolute atomic E-state index is 12.4. The third-order valence-electron chi connectivity index (χ3n) is 5.31. The van der Waals surface area contributed by atoms with Gasteiger partial charge in [0, 0.05) is 0 Å². The first kappa shape index (κ1) is 26.8. The molecule has 176 valence electrons. The van der Waals surface area contributed by atoms with Crippen molar-refractivity contribution in [1.29, 1.82) is 0 Å². The van der Waals surface area contributed by atoms with E-state index in [0.717, 1.165) is 32.1 Å². The van der Waals surface area contributed by atoms with Crippen LogP contribution in [0, 0.1) is 0 Å². The smallest absolute Gasteiger partial charge is 0.308 e. The molecular formula is C21H38O9. The van der Waals surface area contributed by atoms with Gasteiger partial charge >= 0.3 is 11.9 Å². The van der Waals surface area contributed by atoms with Gasteiger partial charge in [-0.2, -0.15) is 0 Å². The Labute approximate surface area is 178 Å². The van der Waals surface area contributed by atoms with Crippen LogP contribution in [-0.4, -0.2) is 75.3 Å². The van der Waals surface area contributed by atoms with Crippen molar-refractivity contribution >= 4 is 11.9 Å². The molecule has 0 amide bonds. The molecule has 0 saturated carbocycles. The summed E-state index contributed by atoms with van der Waals surface area (Å²) < 4.78 is 16.6. The van der Waals surface area contributed by atoms with E-state index >= 15 is 0 Å². The first-order valence-corrected chi connectivity index (χ1v) is 11.0. The zero-order valence-corrected chi connectivity index (χ0v) is 18.2. The fraction of sp³-hybridized carbons (Fsp3) is 0.905. The SMILES string of the molecule is CCCCCCCC(CC(=O)OC(CC)CC(=O)O)O[C@@H]1OC(C)[C@H](O)[C@H](O)C1O. The summed E-state index contributed by atoms with van der Waals surface area (Å²) in [4.78, 5) is 23.2. The summed E-state index contributed by atoms with van der Waals surface area (Å²) in [6, 6.07) is 0. The monoisotopic (exact) mass is 434 g/mol. The van der Waals surface area contributed by atoms with Crippen LogP contribution in [0.1, 0.15) is 78.6 Å². The van der Waals surface area contributed by atoms with Crippen molar-refractivity contribution in [1.82, 2.24) is 0 Å². The van der Waals surface area contributed by atoms with E-state index in [1.165, 1.54) is 0 Å². The molecule has 4 N–H and O–H groups in total. The maximum atomic E-state index is 12.4. The van der Waals surface area contributed by atoms with Crippen LogP contribution in [-0.2, 0) is 23.8 Å². The molecule has 0 spiro atoms. The van der Waals surface area contributed by atoms with Gasteiger partial charge in [0.1, 0.15) is 24.4 Å². The third-order valence-corrected chi connectivity index (χ3v) is 5.31. The molecule has 1 rings (SSSR count). The van der Waals surface area contributed by atoms with Gasteiger partial charge in [-0.3, -0.25) is 9.59 Å². The highest BCUT2D eigenvalue weighted by atomic mass is 16.7. The van der Waals surface area contributed by atoms with Gasteiger partial charge in [0.2, 0.25) is 0 Å². The molecule has 1 saturated heterocycles. The van der Waals surface area contributed by atoms with E-state index in [1.807, 2.05) is 0 Å². The Balaban J connectivity index is 2.71. The number of carbonyl (C=O) groups excluding carboxylic acids is 1. The Bertz CT molecular complexity index is 513. The lowest BCUT2D eigenvalue weighted by molar-refractivity contribution is -0.304. The quantitative estimate of drug-likeness (QED) is 0.237. The summed E-state index contributed by atoms with van der Waals surface area (Å²) in [6.07, 6.45) is -1.82. The maximum Gasteiger partial charge on any atom is 0.308 e. The predicted molar refractivity (Wildman–Crippen MR) is 108 cm³/mol. The van der Waals surface area contributed by atoms with Gasteiger partial charge in [0.15, 0.2) is 6.29 Å². The molecule has 0 radical (unpaired) electrons. The van der Waals surface area contributed by atoms with Crippen LogP contribution in [0.3, 0.4) is 0 Å². The normalized spacial score (nSPS) is 28.7. The molecule has 0 aromatic heterocycles. The number of hydrogen-bond donors (Lipinski definition) is 4. The van der Waals surface area contributed by atoms with E-state index < -0.39 is 54.9 Å². The second kappa shape index (κ2) is 13.9. The first-order valence-electron chi connectivity index (χ1n) is 11.0. The fourth-order valence-electron chi connectivity index (χ4n) is 3.39. The average Bonchev–Trinajstić information content (AvgIpc) is 2.69. The second-order valence-electron chi connectivity index (χ2n) is 7.96. The minimum absolute atomic E-state index is 0.122. The number of carboxylic acid groups (broad SMARTS) is 1. The Morgan fingerprint density at radius 2 is 1.60 bits per heavy atom. The number of rotatable bonds is 14. The highest BCUT2D eigenvalue weighted by Crippen LogP contribution is 2.25. The van der Waals surface area contributed by atoms with Crippen molar-refractivity contribution in [3.63, 3.8) is 0 Å². The van der Waals surface area contributed by atoms with E-state index in [-0.39, 0.29) is 12.8 Å². The minimum Gasteiger partial charge on any atom is -0.481 e. The second-order valence-corrected chi connectivity index (χ2v) is 7.96. The number of ether oxygens (including phenoxy) is 3. The fourth-order valence-corrected chi connectivity index (χ4v) is 3.39. The van der Waals surface area contributed by atoms with Gasteiger partial charge in [-0.05, 0) is 19.8 Å². The van der Waals surface area contributed by atoms with Gasteiger partial charge in [-0.25, -0.2) is 0 Å². The van der Waals surface area contributed by atoms with Crippen molar-refractivity contribution in [2.45, 2.75) is 121 Å². The lowest BCUT2D eigenvalue weighted by atomic mass is 9.99. The summed E-state index contributed by atoms with van der Waals surface area (Å²) >= 11 is 0. The largest absolute Gasteiger partial charge is 0.481 e. The molecule has 0 aromatic rings. The zero-order valence-electron chi connectivity index (χ0n) is 18.2. The van der Waals surface area contributed by atoms with Crippen LogP contribution in [0.4, 0.5) is 0 Å². The molecule has 7 atom stereocenters. The standard InChI is InChI=1S/C21H38O9/c1-4-6-7-8-9-10-15(12-17(24)29-14(5-2)11-16(22)23)30-21-20(27)19(26)18(25)13(3)28-21/h13-15,18-21,25-27H,4-12H2,1-3H3,(H,22,23)/t13?,14?,15?,18-,19-,20?,21-/m0/s1. The molecule has 1 aliphatic heterocycles. The number of aliphatic hydroxyl groups excluding tert-OH is 3. The lowest BCUT2D eigenvalue weighted by Gasteiger charge is -2.40. The number of unbranched alkanes of at least 4 members (excludes halogenated alkanes) is 4. The van der Waals surface area contributed by atoms with Crippen LogP contribution in [0.5, 0.6) is 0 Å². The molecule has 1 fully saturated rings. The van der Waals surface area contributed by atoms with Crippen molar-refractivity contribution in [2.75, 3.05) is 0 Å². The summed E-state index contributed by atoms with van der Waals surface area (Å²) in [5, 5.41) is 38.9. The van der Waals surface area contributed by atoms with Crippen LogP contribution in [0.2, 0.25) is 0 Å². The minimum atomic E-state index is -1.45. The summed E-state index contributed by atoms with van der Waals surface area (Å²) in [6.45, 7) is 5.41. The van der Waals surface area contributed by atoms with E-state index in [4.69, 9.17) is 19.3 Å². The van der Waals surface area contributed by atoms with E-state index in [1.54, 1.807) is 13.8 Å². The lowest BCUT2D eigenvalue weighted by Crippen LogP contribution is -2.58. The molecule has 9 heteroatoms. The van der Waals surface area contributed by atoms with Crippen LogP contribution < -0.4 is 0 Å². The van der Waals surface area contributed by atoms with E-state index in [0.29, 0.717) is 12.8 Å². The van der Waals surface area contributed by atoms with Crippen LogP contribution in [0.15, 0.2) is 0 Å². The van der Waals surface area contributed by atoms with Crippen molar-refractivity contribution in [3.05, 3.63) is 0 Å². The van der Waals surface area contributed by atoms with Gasteiger partial charge in [0.05, 0.1) is 25.0 Å². The van der Waals surface area contributed by atoms with Crippen molar-refractivity contribution in [2.24, 2.45) is 0 Å². The summed E-state index contributed by atoms with van der Waals surface area (Å²) in [7, 11) is 0. The van der Waals surface area contributed by atoms with Crippen LogP contribution >= 0.6 is 0 Å². The molecule has 0 bridgehead atoms. The number of carbonyl (C=O) groups is 2. The molecular weight excluding hydrogens is 396 g/mol. The molecule has 4 unspecified atom stereocenters. The predicted octanol–water partition coefficient (Wildman–Crippen LogP) is 1.75. The number of hydrogen-bond acceptors (Lipinski definition) is 8. The zero-order chi connectivity index (χ0) is 22.7. The number of aliphatic carboxylic acids is 1. The molecule has 9 nitrogen and oxygen atoms in total. The van der Waals surface area contributed by atoms with Gasteiger partial charge in [-0.15, -0.1) is 0 Å². The summed E-state index contributed by atoms with van der Waals surface area (Å²) in [5.74, 6) is -1.63. The highest BCUT2D eigenvalue weighted by Gasteiger charge is 2.43. The van der Waals surface area contributed by atoms with Gasteiger partial charge < -0.3 is 34.6 Å². The average molecular weight is 435 g/mol. The Kier molecular flexibility index (Phi) is 12.4. The van der Waals surface area contributed by atoms with Crippen molar-refractivity contribution < 1.29 is 44.2 Å². The number of aliphatic hydroxyl groups is 3. The molecule has 30 heavy (non-hydrogen) atoms. The summed E-state index contributed by atoms with van der Waals surface area (Å²) in [5.41, 5.74) is 0. The Morgan fingerprint density at radius 1 is 0.933 bits per heavy atom. The topological polar surface area (TPSA) is 143 Å². The Hall–Kier alpha value is -1.26. The Morgan fingerprint density at radius 3 is 2.20 bits per heavy atom. The van der Waals surface area contributed by atoms with Gasteiger partial charge in [-0.1, -0.05) is 46.0 Å². The first-order chi connectivity index (χ1) is 14.2. The molecule has 0 aliphatic carbocycles. The molecule has 1 aliphatic rings. The third kappa shape index (κ3) is 9.26. The molecule has 0 aromatic carbocycles. The molecule has 1 heterocycles. The van der Waals surface area contributed by atoms with Crippen molar-refractivity contribution in [3.8, 4) is 0 Å². The number of carboxylic acids is 1. The van der Waals surface area contributed by atoms with E-state index in [2.05, 4.69) is 6.92 Å². The van der Waals surface area contributed by atoms with E-state index in [9.17, 15) is 24.9 Å². The van der Waals surface area contributed by atoms with Gasteiger partial charge in [0.25, 0.3) is 0 Å². The van der Waals surface area contributed by atoms with Crippen LogP contribution in [0.25, 0.3) is 0 Å².